The van der Waals surface area contributed by atoms with Gasteiger partial charge in [-0.1, -0.05) is 30.3 Å². The number of imidazole rings is 1. The molecule has 7 rings (SSSR count). The van der Waals surface area contributed by atoms with E-state index in [1.54, 1.807) is 19.3 Å². The highest BCUT2D eigenvalue weighted by Gasteiger charge is 2.18. The van der Waals surface area contributed by atoms with Crippen LogP contribution in [0.15, 0.2) is 85.6 Å². The maximum absolute atomic E-state index is 11.8. The lowest BCUT2D eigenvalue weighted by molar-refractivity contribution is 0.102. The molecule has 0 saturated heterocycles. The fourth-order valence-electron chi connectivity index (χ4n) is 4.83. The normalized spacial score (nSPS) is 11.4. The summed E-state index contributed by atoms with van der Waals surface area (Å²) in [6.45, 7) is 3.06. The number of carbonyl (C=O) groups is 1. The number of aromatic nitrogens is 7. The van der Waals surface area contributed by atoms with Gasteiger partial charge in [-0.05, 0) is 42.3 Å². The Morgan fingerprint density at radius 3 is 2.59 bits per heavy atom. The van der Waals surface area contributed by atoms with Gasteiger partial charge in [0.05, 0.1) is 22.0 Å². The molecule has 0 aliphatic carbocycles. The first-order chi connectivity index (χ1) is 20.1. The molecule has 41 heavy (non-hydrogen) atoms. The van der Waals surface area contributed by atoms with Gasteiger partial charge < -0.3 is 10.3 Å². The Morgan fingerprint density at radius 2 is 1.73 bits per heavy atom. The summed E-state index contributed by atoms with van der Waals surface area (Å²) in [5.41, 5.74) is 7.99. The summed E-state index contributed by atoms with van der Waals surface area (Å²) in [5.74, 6) is 0.652. The zero-order chi connectivity index (χ0) is 27.8. The summed E-state index contributed by atoms with van der Waals surface area (Å²) in [5, 5.41) is 11.9. The largest absolute Gasteiger partial charge is 0.335 e. The highest BCUT2D eigenvalue weighted by molar-refractivity contribution is 7.17. The van der Waals surface area contributed by atoms with E-state index in [1.165, 1.54) is 16.9 Å². The average molecular weight is 557 g/mol. The molecule has 6 aromatic heterocycles. The van der Waals surface area contributed by atoms with Gasteiger partial charge in [0, 0.05) is 59.4 Å². The van der Waals surface area contributed by atoms with Crippen molar-refractivity contribution in [2.75, 3.05) is 0 Å². The molecule has 200 valence electrons. The highest BCUT2D eigenvalue weighted by atomic mass is 32.1. The lowest BCUT2D eigenvalue weighted by Gasteiger charge is -2.07. The Labute approximate surface area is 238 Å². The minimum atomic E-state index is 0.0413. The third-order valence-corrected chi connectivity index (χ3v) is 8.10. The zero-order valence-corrected chi connectivity index (χ0v) is 22.9. The molecule has 0 atom stereocenters. The SMILES string of the molecule is CC(=O)c1ccc(-c2cncc3[nH]c(-c4n[nH]c5ncc(-c6cncc(CNCc7ccccc7)c6)cc45)nc23)s1. The van der Waals surface area contributed by atoms with Gasteiger partial charge in [0.2, 0.25) is 0 Å². The van der Waals surface area contributed by atoms with E-state index in [0.717, 1.165) is 50.1 Å². The molecule has 0 aliphatic rings. The highest BCUT2D eigenvalue weighted by Crippen LogP contribution is 2.35. The Balaban J connectivity index is 1.19. The van der Waals surface area contributed by atoms with Gasteiger partial charge in [0.25, 0.3) is 0 Å². The molecular formula is C31H24N8OS. The standard InChI is InChI=1S/C31H24N8OS/c1-18(40)26-7-8-27(41-26)24-16-34-17-25-28(24)37-31(36-25)29-23-10-22(15-35-30(23)39-38-29)21-9-20(13-33-14-21)12-32-11-19-5-3-2-4-6-19/h2-10,13-17,32H,11-12H2,1H3,(H,36,37)(H,35,38,39). The number of benzene rings is 1. The Bertz CT molecular complexity index is 2020. The monoisotopic (exact) mass is 556 g/mol. The zero-order valence-electron chi connectivity index (χ0n) is 22.0. The second kappa shape index (κ2) is 10.5. The van der Waals surface area contributed by atoms with Crippen molar-refractivity contribution in [3.8, 4) is 33.1 Å². The molecule has 0 aliphatic heterocycles. The number of hydrogen-bond acceptors (Lipinski definition) is 8. The van der Waals surface area contributed by atoms with E-state index in [9.17, 15) is 4.79 Å². The number of H-pyrrole nitrogens is 2. The predicted molar refractivity (Wildman–Crippen MR) is 160 cm³/mol. The minimum Gasteiger partial charge on any atom is -0.335 e. The number of fused-ring (bicyclic) bond motifs is 2. The first-order valence-corrected chi connectivity index (χ1v) is 13.9. The summed E-state index contributed by atoms with van der Waals surface area (Å²) < 4.78 is 0. The van der Waals surface area contributed by atoms with E-state index in [4.69, 9.17) is 4.98 Å². The van der Waals surface area contributed by atoms with Gasteiger partial charge in [-0.3, -0.25) is 19.9 Å². The van der Waals surface area contributed by atoms with Gasteiger partial charge >= 0.3 is 0 Å². The van der Waals surface area contributed by atoms with Crippen LogP contribution in [0.1, 0.15) is 27.7 Å². The number of ketones is 1. The number of nitrogens with zero attached hydrogens (tertiary/aromatic N) is 5. The number of nitrogens with one attached hydrogen (secondary N) is 3. The van der Waals surface area contributed by atoms with E-state index >= 15 is 0 Å². The maximum Gasteiger partial charge on any atom is 0.169 e. The van der Waals surface area contributed by atoms with Gasteiger partial charge in [-0.15, -0.1) is 11.3 Å². The predicted octanol–water partition coefficient (Wildman–Crippen LogP) is 6.18. The average Bonchev–Trinajstić information content (AvgIpc) is 3.76. The fraction of sp³-hybridized carbons (Fsp3) is 0.0968. The molecule has 0 fully saturated rings. The summed E-state index contributed by atoms with van der Waals surface area (Å²) in [6.07, 6.45) is 9.07. The minimum absolute atomic E-state index is 0.0413. The van der Waals surface area contributed by atoms with Crippen molar-refractivity contribution < 1.29 is 4.79 Å². The van der Waals surface area contributed by atoms with Crippen LogP contribution >= 0.6 is 11.3 Å². The molecule has 0 spiro atoms. The Kier molecular flexibility index (Phi) is 6.38. The molecule has 0 unspecified atom stereocenters. The van der Waals surface area contributed by atoms with Crippen LogP contribution in [-0.2, 0) is 13.1 Å². The van der Waals surface area contributed by atoms with Gasteiger partial charge in [0.1, 0.15) is 11.2 Å². The van der Waals surface area contributed by atoms with Crippen LogP contribution in [0, 0.1) is 0 Å². The number of rotatable bonds is 8. The molecule has 10 heteroatoms. The number of thiophene rings is 1. The number of aromatic amines is 2. The van der Waals surface area contributed by atoms with Crippen LogP contribution in [0.4, 0.5) is 0 Å². The number of carbonyl (C=O) groups excluding carboxylic acids is 1. The topological polar surface area (TPSA) is 125 Å². The molecule has 0 amide bonds. The molecule has 3 N–H and O–H groups in total. The summed E-state index contributed by atoms with van der Waals surface area (Å²) in [4.78, 5) is 35.3. The first-order valence-electron chi connectivity index (χ1n) is 13.1. The molecule has 9 nitrogen and oxygen atoms in total. The maximum atomic E-state index is 11.8. The first kappa shape index (κ1) is 24.9. The van der Waals surface area contributed by atoms with Crippen molar-refractivity contribution in [3.63, 3.8) is 0 Å². The van der Waals surface area contributed by atoms with Gasteiger partial charge in [-0.25, -0.2) is 9.97 Å². The summed E-state index contributed by atoms with van der Waals surface area (Å²) >= 11 is 1.44. The second-order valence-corrected chi connectivity index (χ2v) is 10.8. The molecule has 7 aromatic rings. The van der Waals surface area contributed by atoms with Crippen LogP contribution in [0.5, 0.6) is 0 Å². The molecule has 0 radical (unpaired) electrons. The second-order valence-electron chi connectivity index (χ2n) is 9.75. The van der Waals surface area contributed by atoms with Gasteiger partial charge in [-0.2, -0.15) is 5.10 Å². The Morgan fingerprint density at radius 1 is 0.902 bits per heavy atom. The number of hydrogen-bond donors (Lipinski definition) is 3. The van der Waals surface area contributed by atoms with Crippen LogP contribution in [0.3, 0.4) is 0 Å². The van der Waals surface area contributed by atoms with Gasteiger partial charge in [0.15, 0.2) is 17.3 Å². The summed E-state index contributed by atoms with van der Waals surface area (Å²) in [6, 6.07) is 18.3. The van der Waals surface area contributed by atoms with Crippen LogP contribution in [-0.4, -0.2) is 40.9 Å². The fourth-order valence-corrected chi connectivity index (χ4v) is 5.74. The quantitative estimate of drug-likeness (QED) is 0.191. The van der Waals surface area contributed by atoms with E-state index < -0.39 is 0 Å². The van der Waals surface area contributed by atoms with E-state index in [0.29, 0.717) is 28.6 Å². The van der Waals surface area contributed by atoms with Crippen molar-refractivity contribution >= 4 is 39.2 Å². The molecule has 0 saturated carbocycles. The van der Waals surface area contributed by atoms with Crippen molar-refractivity contribution in [2.45, 2.75) is 20.0 Å². The number of pyridine rings is 3. The van der Waals surface area contributed by atoms with Crippen molar-refractivity contribution in [1.82, 2.24) is 40.4 Å². The van der Waals surface area contributed by atoms with Crippen molar-refractivity contribution in [2.24, 2.45) is 0 Å². The van der Waals surface area contributed by atoms with Crippen LogP contribution < -0.4 is 5.32 Å². The molecule has 1 aromatic carbocycles. The smallest absolute Gasteiger partial charge is 0.169 e. The number of Topliss-reactive ketones (excluding diaryl/α,β-unsaturated/α-hetero) is 1. The lowest BCUT2D eigenvalue weighted by Crippen LogP contribution is -2.12. The van der Waals surface area contributed by atoms with Crippen molar-refractivity contribution in [3.05, 3.63) is 102 Å². The van der Waals surface area contributed by atoms with E-state index in [1.807, 2.05) is 48.9 Å². The lowest BCUT2D eigenvalue weighted by atomic mass is 10.1. The van der Waals surface area contributed by atoms with E-state index in [2.05, 4.69) is 59.7 Å². The Hall–Kier alpha value is -5.06. The van der Waals surface area contributed by atoms with Crippen molar-refractivity contribution in [1.29, 1.82) is 0 Å². The third kappa shape index (κ3) is 4.90. The third-order valence-electron chi connectivity index (χ3n) is 6.88. The van der Waals surface area contributed by atoms with Crippen LogP contribution in [0.2, 0.25) is 0 Å². The van der Waals surface area contributed by atoms with Crippen LogP contribution in [0.25, 0.3) is 55.2 Å². The molecule has 6 heterocycles. The summed E-state index contributed by atoms with van der Waals surface area (Å²) in [7, 11) is 0. The molecular weight excluding hydrogens is 532 g/mol. The van der Waals surface area contributed by atoms with E-state index in [-0.39, 0.29) is 5.78 Å². The molecule has 0 bridgehead atoms.